The molecule has 2 aromatic rings. The number of hydrogen-bond donors (Lipinski definition) is 0. The number of rotatable bonds is 5. The van der Waals surface area contributed by atoms with Crippen LogP contribution in [0.4, 0.5) is 0 Å². The maximum absolute atomic E-state index is 2.31. The van der Waals surface area contributed by atoms with Crippen molar-refractivity contribution in [2.75, 3.05) is 0 Å². The van der Waals surface area contributed by atoms with E-state index in [4.69, 9.17) is 0 Å². The van der Waals surface area contributed by atoms with Crippen LogP contribution in [-0.4, -0.2) is 14.3 Å². The van der Waals surface area contributed by atoms with Crippen LogP contribution >= 0.6 is 0 Å². The van der Waals surface area contributed by atoms with E-state index in [1.54, 1.807) is 10.4 Å². The van der Waals surface area contributed by atoms with Gasteiger partial charge < -0.3 is 5.48 Å². The summed E-state index contributed by atoms with van der Waals surface area (Å²) in [6.07, 6.45) is 2.64. The summed E-state index contributed by atoms with van der Waals surface area (Å²) >= 11 is 0. The molecule has 0 radical (unpaired) electrons. The summed E-state index contributed by atoms with van der Waals surface area (Å²) in [7, 11) is -0.968. The summed E-state index contributed by atoms with van der Waals surface area (Å²) in [6.45, 7) is 2.28. The Morgan fingerprint density at radius 2 is 1.22 bits per heavy atom. The van der Waals surface area contributed by atoms with Crippen LogP contribution in [0.5, 0.6) is 0 Å². The average Bonchev–Trinajstić information content (AvgIpc) is 2.42. The lowest BCUT2D eigenvalue weighted by Crippen LogP contribution is -2.41. The van der Waals surface area contributed by atoms with Gasteiger partial charge in [0.05, 0.1) is 0 Å². The maximum Gasteiger partial charge on any atom is 0.103 e. The van der Waals surface area contributed by atoms with Crippen LogP contribution in [0.3, 0.4) is 0 Å². The molecule has 0 aliphatic rings. The van der Waals surface area contributed by atoms with E-state index in [9.17, 15) is 0 Å². The van der Waals surface area contributed by atoms with E-state index in [1.165, 1.54) is 18.9 Å². The molecule has 2 aromatic carbocycles. The average molecular weight is 258 g/mol. The molecular weight excluding hydrogens is 236 g/mol. The van der Waals surface area contributed by atoms with Gasteiger partial charge in [-0.25, -0.2) is 0 Å². The first-order valence-corrected chi connectivity index (χ1v) is 8.49. The molecule has 0 spiro atoms. The van der Waals surface area contributed by atoms with Crippen molar-refractivity contribution in [2.45, 2.75) is 25.8 Å². The Hall–Kier alpha value is -1.38. The monoisotopic (exact) mass is 258 g/mol. The fourth-order valence-electron chi connectivity index (χ4n) is 2.30. The quantitative estimate of drug-likeness (QED) is 0.735. The van der Waals surface area contributed by atoms with E-state index in [2.05, 4.69) is 67.6 Å². The highest BCUT2D eigenvalue weighted by Gasteiger charge is 2.14. The topological polar surface area (TPSA) is 31.5 Å². The molecule has 96 valence electrons. The summed E-state index contributed by atoms with van der Waals surface area (Å²) in [5, 5.41) is 3.15. The van der Waals surface area contributed by atoms with Gasteiger partial charge in [-0.2, -0.15) is 0 Å². The van der Waals surface area contributed by atoms with Gasteiger partial charge >= 0.3 is 0 Å². The molecule has 0 saturated carbocycles. The molecule has 2 rings (SSSR count). The van der Waals surface area contributed by atoms with Gasteiger partial charge in [-0.15, -0.1) is 0 Å². The highest BCUT2D eigenvalue weighted by molar-refractivity contribution is 6.85. The summed E-state index contributed by atoms with van der Waals surface area (Å²) in [5.41, 5.74) is 0. The van der Waals surface area contributed by atoms with Gasteiger partial charge in [-0.05, 0) is 0 Å². The van der Waals surface area contributed by atoms with Crippen molar-refractivity contribution in [1.29, 1.82) is 0 Å². The van der Waals surface area contributed by atoms with E-state index in [-0.39, 0.29) is 5.48 Å². The zero-order chi connectivity index (χ0) is 11.9. The molecule has 0 heterocycles. The maximum atomic E-state index is 2.31. The lowest BCUT2D eigenvalue weighted by Gasteiger charge is -2.15. The molecule has 0 aliphatic carbocycles. The predicted molar refractivity (Wildman–Crippen MR) is 82.6 cm³/mol. The Kier molecular flexibility index (Phi) is 6.40. The van der Waals surface area contributed by atoms with Crippen molar-refractivity contribution in [1.82, 2.24) is 0 Å². The Morgan fingerprint density at radius 3 is 1.61 bits per heavy atom. The van der Waals surface area contributed by atoms with Gasteiger partial charge in [0, 0.05) is 0 Å². The second-order valence-electron chi connectivity index (χ2n) is 4.52. The number of unbranched alkanes of at least 4 members (excludes halogenated alkanes) is 1. The Labute approximate surface area is 111 Å². The molecule has 2 N–H and O–H groups in total. The molecular formula is C16H22OSi. The SMILES string of the molecule is CCCC[SiH](c1ccccc1)c1ccccc1.O. The van der Waals surface area contributed by atoms with Crippen LogP contribution in [0.1, 0.15) is 19.8 Å². The molecule has 0 saturated heterocycles. The Balaban J connectivity index is 0.00000162. The van der Waals surface area contributed by atoms with E-state index in [1.807, 2.05) is 0 Å². The predicted octanol–water partition coefficient (Wildman–Crippen LogP) is 2.00. The summed E-state index contributed by atoms with van der Waals surface area (Å²) in [5.74, 6) is 0. The third-order valence-corrected chi connectivity index (χ3v) is 6.62. The molecule has 0 unspecified atom stereocenters. The lowest BCUT2D eigenvalue weighted by molar-refractivity contribution is 0.824. The highest BCUT2D eigenvalue weighted by atomic mass is 28.3. The van der Waals surface area contributed by atoms with Gasteiger partial charge in [0.2, 0.25) is 0 Å². The zero-order valence-corrected chi connectivity index (χ0v) is 12.1. The minimum absolute atomic E-state index is 0. The van der Waals surface area contributed by atoms with Crippen LogP contribution in [-0.2, 0) is 0 Å². The van der Waals surface area contributed by atoms with E-state index in [0.29, 0.717) is 0 Å². The lowest BCUT2D eigenvalue weighted by atomic mass is 10.4. The Bertz CT molecular complexity index is 388. The number of benzene rings is 2. The third-order valence-electron chi connectivity index (χ3n) is 3.25. The minimum Gasteiger partial charge on any atom is -0.412 e. The highest BCUT2D eigenvalue weighted by Crippen LogP contribution is 2.03. The first-order valence-electron chi connectivity index (χ1n) is 6.51. The van der Waals surface area contributed by atoms with Crippen molar-refractivity contribution < 1.29 is 5.48 Å². The zero-order valence-electron chi connectivity index (χ0n) is 11.0. The summed E-state index contributed by atoms with van der Waals surface area (Å²) < 4.78 is 0. The van der Waals surface area contributed by atoms with Gasteiger partial charge in [0.25, 0.3) is 0 Å². The normalized spacial score (nSPS) is 10.1. The molecule has 2 heteroatoms. The summed E-state index contributed by atoms with van der Waals surface area (Å²) in [6, 6.07) is 23.5. The molecule has 0 atom stereocenters. The molecule has 0 aromatic heterocycles. The smallest absolute Gasteiger partial charge is 0.103 e. The molecule has 1 nitrogen and oxygen atoms in total. The largest absolute Gasteiger partial charge is 0.412 e. The molecule has 0 aliphatic heterocycles. The van der Waals surface area contributed by atoms with Crippen molar-refractivity contribution >= 4 is 19.2 Å². The van der Waals surface area contributed by atoms with Gasteiger partial charge in [-0.1, -0.05) is 96.8 Å². The van der Waals surface area contributed by atoms with Gasteiger partial charge in [0.15, 0.2) is 0 Å². The third kappa shape index (κ3) is 3.83. The fraction of sp³-hybridized carbons (Fsp3) is 0.250. The number of hydrogen-bond acceptors (Lipinski definition) is 0. The van der Waals surface area contributed by atoms with Crippen LogP contribution in [0.15, 0.2) is 60.7 Å². The molecule has 0 bridgehead atoms. The molecule has 18 heavy (non-hydrogen) atoms. The van der Waals surface area contributed by atoms with Crippen molar-refractivity contribution in [3.8, 4) is 0 Å². The fourth-order valence-corrected chi connectivity index (χ4v) is 5.55. The van der Waals surface area contributed by atoms with Crippen LogP contribution in [0, 0.1) is 0 Å². The van der Waals surface area contributed by atoms with Crippen molar-refractivity contribution in [3.63, 3.8) is 0 Å². The van der Waals surface area contributed by atoms with Crippen LogP contribution in [0.25, 0.3) is 0 Å². The molecule has 0 amide bonds. The van der Waals surface area contributed by atoms with Crippen LogP contribution in [0.2, 0.25) is 6.04 Å². The molecule has 0 fully saturated rings. The van der Waals surface area contributed by atoms with E-state index >= 15 is 0 Å². The van der Waals surface area contributed by atoms with Gasteiger partial charge in [-0.3, -0.25) is 0 Å². The Morgan fingerprint density at radius 1 is 0.778 bits per heavy atom. The second kappa shape index (κ2) is 7.85. The standard InChI is InChI=1S/C16H20Si.H2O/c1-2-3-14-17(15-10-6-4-7-11-15)16-12-8-5-9-13-16;/h4-13,17H,2-3,14H2,1H3;1H2. The first kappa shape index (κ1) is 14.7. The van der Waals surface area contributed by atoms with Crippen molar-refractivity contribution in [3.05, 3.63) is 60.7 Å². The van der Waals surface area contributed by atoms with Crippen molar-refractivity contribution in [2.24, 2.45) is 0 Å². The minimum atomic E-state index is -0.968. The summed E-state index contributed by atoms with van der Waals surface area (Å²) in [4.78, 5) is 0. The van der Waals surface area contributed by atoms with E-state index < -0.39 is 8.80 Å². The van der Waals surface area contributed by atoms with E-state index in [0.717, 1.165) is 0 Å². The van der Waals surface area contributed by atoms with Crippen LogP contribution < -0.4 is 10.4 Å². The van der Waals surface area contributed by atoms with Gasteiger partial charge in [0.1, 0.15) is 8.80 Å². The first-order chi connectivity index (χ1) is 8.42. The second-order valence-corrected chi connectivity index (χ2v) is 7.53.